The van der Waals surface area contributed by atoms with Crippen molar-refractivity contribution in [3.8, 4) is 0 Å². The van der Waals surface area contributed by atoms with Crippen LogP contribution in [-0.4, -0.2) is 47.4 Å². The minimum Gasteiger partial charge on any atom is -0.353 e. The van der Waals surface area contributed by atoms with Gasteiger partial charge in [0.1, 0.15) is 0 Å². The molecule has 1 aromatic rings. The summed E-state index contributed by atoms with van der Waals surface area (Å²) in [7, 11) is 0. The molecule has 23 heavy (non-hydrogen) atoms. The number of piperidine rings is 1. The Morgan fingerprint density at radius 2 is 1.91 bits per heavy atom. The van der Waals surface area contributed by atoms with Gasteiger partial charge in [-0.3, -0.25) is 9.59 Å². The molecule has 1 saturated heterocycles. The highest BCUT2D eigenvalue weighted by Crippen LogP contribution is 2.20. The number of hydrogen-bond donors (Lipinski definition) is 1. The van der Waals surface area contributed by atoms with E-state index in [1.807, 2.05) is 11.0 Å². The van der Waals surface area contributed by atoms with E-state index >= 15 is 0 Å². The number of nitrogens with one attached hydrogen (secondary N) is 1. The zero-order chi connectivity index (χ0) is 16.7. The molecular weight excluding hydrogens is 308 g/mol. The first kappa shape index (κ1) is 17.9. The molecule has 0 aliphatic carbocycles. The fourth-order valence-corrected chi connectivity index (χ4v) is 3.75. The van der Waals surface area contributed by atoms with Gasteiger partial charge in [-0.25, -0.2) is 0 Å². The van der Waals surface area contributed by atoms with Crippen LogP contribution in [0, 0.1) is 0 Å². The van der Waals surface area contributed by atoms with Crippen LogP contribution in [-0.2, 0) is 9.59 Å². The summed E-state index contributed by atoms with van der Waals surface area (Å²) >= 11 is 1.68. The van der Waals surface area contributed by atoms with E-state index in [-0.39, 0.29) is 17.9 Å². The van der Waals surface area contributed by atoms with Crippen molar-refractivity contribution in [3.63, 3.8) is 0 Å². The summed E-state index contributed by atoms with van der Waals surface area (Å²) in [6.07, 6.45) is 1.72. The Labute approximate surface area is 143 Å². The first-order valence-electron chi connectivity index (χ1n) is 8.24. The third kappa shape index (κ3) is 5.90. The highest BCUT2D eigenvalue weighted by molar-refractivity contribution is 7.99. The molecule has 126 valence electrons. The zero-order valence-electron chi connectivity index (χ0n) is 14.0. The monoisotopic (exact) mass is 334 g/mol. The maximum atomic E-state index is 12.0. The molecular formula is C18H26N2O2S. The van der Waals surface area contributed by atoms with Gasteiger partial charge in [0.2, 0.25) is 11.8 Å². The molecule has 1 heterocycles. The molecule has 5 heteroatoms. The predicted octanol–water partition coefficient (Wildman–Crippen LogP) is 2.65. The van der Waals surface area contributed by atoms with Gasteiger partial charge in [0.15, 0.2) is 0 Å². The third-order valence-electron chi connectivity index (χ3n) is 4.28. The van der Waals surface area contributed by atoms with Crippen LogP contribution in [0.15, 0.2) is 30.3 Å². The second-order valence-corrected chi connectivity index (χ2v) is 7.20. The largest absolute Gasteiger partial charge is 0.353 e. The third-order valence-corrected chi connectivity index (χ3v) is 5.48. The number of carbonyl (C=O) groups is 2. The number of hydrogen-bond acceptors (Lipinski definition) is 3. The summed E-state index contributed by atoms with van der Waals surface area (Å²) in [5.74, 6) is 2.13. The molecule has 0 saturated carbocycles. The molecule has 1 N–H and O–H groups in total. The molecule has 4 nitrogen and oxygen atoms in total. The average Bonchev–Trinajstić information content (AvgIpc) is 2.56. The van der Waals surface area contributed by atoms with Crippen molar-refractivity contribution < 1.29 is 9.59 Å². The summed E-state index contributed by atoms with van der Waals surface area (Å²) in [6.45, 7) is 5.29. The van der Waals surface area contributed by atoms with Gasteiger partial charge in [-0.1, -0.05) is 37.3 Å². The van der Waals surface area contributed by atoms with Crippen molar-refractivity contribution in [2.24, 2.45) is 0 Å². The highest BCUT2D eigenvalue weighted by Gasteiger charge is 2.21. The SMILES string of the molecule is CC(=O)N1CCC(NC(=O)CSC[C@@H](C)c2ccccc2)CC1. The van der Waals surface area contributed by atoms with Gasteiger partial charge >= 0.3 is 0 Å². The number of thioether (sulfide) groups is 1. The summed E-state index contributed by atoms with van der Waals surface area (Å²) < 4.78 is 0. The van der Waals surface area contributed by atoms with Crippen molar-refractivity contribution in [1.29, 1.82) is 0 Å². The van der Waals surface area contributed by atoms with Gasteiger partial charge < -0.3 is 10.2 Å². The predicted molar refractivity (Wildman–Crippen MR) is 95.6 cm³/mol. The molecule has 0 aromatic heterocycles. The molecule has 0 spiro atoms. The smallest absolute Gasteiger partial charge is 0.230 e. The molecule has 0 radical (unpaired) electrons. The molecule has 1 aliphatic rings. The molecule has 1 aliphatic heterocycles. The maximum absolute atomic E-state index is 12.0. The molecule has 0 bridgehead atoms. The van der Waals surface area contributed by atoms with Crippen molar-refractivity contribution in [1.82, 2.24) is 10.2 Å². The fraction of sp³-hybridized carbons (Fsp3) is 0.556. The lowest BCUT2D eigenvalue weighted by atomic mass is 10.0. The Morgan fingerprint density at radius 1 is 1.26 bits per heavy atom. The van der Waals surface area contributed by atoms with Gasteiger partial charge in [-0.05, 0) is 24.3 Å². The van der Waals surface area contributed by atoms with E-state index in [1.165, 1.54) is 5.56 Å². The lowest BCUT2D eigenvalue weighted by Crippen LogP contribution is -2.46. The maximum Gasteiger partial charge on any atom is 0.230 e. The van der Waals surface area contributed by atoms with Crippen molar-refractivity contribution >= 4 is 23.6 Å². The summed E-state index contributed by atoms with van der Waals surface area (Å²) in [6, 6.07) is 10.6. The number of carbonyl (C=O) groups excluding carboxylic acids is 2. The number of likely N-dealkylation sites (tertiary alicyclic amines) is 1. The van der Waals surface area contributed by atoms with E-state index < -0.39 is 0 Å². The number of benzene rings is 1. The van der Waals surface area contributed by atoms with Crippen molar-refractivity contribution in [3.05, 3.63) is 35.9 Å². The lowest BCUT2D eigenvalue weighted by molar-refractivity contribution is -0.130. The Balaban J connectivity index is 1.63. The molecule has 1 atom stereocenters. The molecule has 1 fully saturated rings. The summed E-state index contributed by atoms with van der Waals surface area (Å²) in [5, 5.41) is 3.09. The van der Waals surface area contributed by atoms with Gasteiger partial charge in [0.25, 0.3) is 0 Å². The van der Waals surface area contributed by atoms with E-state index in [4.69, 9.17) is 0 Å². The molecule has 0 unspecified atom stereocenters. The molecule has 2 amide bonds. The van der Waals surface area contributed by atoms with Crippen LogP contribution in [0.3, 0.4) is 0 Å². The van der Waals surface area contributed by atoms with E-state index in [1.54, 1.807) is 18.7 Å². The van der Waals surface area contributed by atoms with Crippen LogP contribution in [0.5, 0.6) is 0 Å². The normalized spacial score (nSPS) is 16.9. The Morgan fingerprint density at radius 3 is 2.52 bits per heavy atom. The van der Waals surface area contributed by atoms with Crippen LogP contribution >= 0.6 is 11.8 Å². The van der Waals surface area contributed by atoms with Crippen LogP contribution in [0.25, 0.3) is 0 Å². The Kier molecular flexibility index (Phi) is 6.96. The number of amides is 2. The van der Waals surface area contributed by atoms with Gasteiger partial charge in [-0.15, -0.1) is 0 Å². The topological polar surface area (TPSA) is 49.4 Å². The van der Waals surface area contributed by atoms with Crippen LogP contribution in [0.4, 0.5) is 0 Å². The Hall–Kier alpha value is -1.49. The van der Waals surface area contributed by atoms with Gasteiger partial charge in [-0.2, -0.15) is 11.8 Å². The van der Waals surface area contributed by atoms with Crippen molar-refractivity contribution in [2.75, 3.05) is 24.6 Å². The highest BCUT2D eigenvalue weighted by atomic mass is 32.2. The average molecular weight is 334 g/mol. The van der Waals surface area contributed by atoms with Crippen LogP contribution in [0.2, 0.25) is 0 Å². The minimum atomic E-state index is 0.108. The summed E-state index contributed by atoms with van der Waals surface area (Å²) in [4.78, 5) is 25.2. The summed E-state index contributed by atoms with van der Waals surface area (Å²) in [5.41, 5.74) is 1.32. The van der Waals surface area contributed by atoms with Gasteiger partial charge in [0, 0.05) is 31.8 Å². The van der Waals surface area contributed by atoms with E-state index in [2.05, 4.69) is 36.5 Å². The fourth-order valence-electron chi connectivity index (χ4n) is 2.81. The van der Waals surface area contributed by atoms with E-state index in [9.17, 15) is 9.59 Å². The second kappa shape index (κ2) is 8.96. The van der Waals surface area contributed by atoms with Crippen LogP contribution < -0.4 is 5.32 Å². The Bertz CT molecular complexity index is 513. The minimum absolute atomic E-state index is 0.108. The van der Waals surface area contributed by atoms with Gasteiger partial charge in [0.05, 0.1) is 5.75 Å². The van der Waals surface area contributed by atoms with Crippen molar-refractivity contribution in [2.45, 2.75) is 38.6 Å². The first-order chi connectivity index (χ1) is 11.1. The van der Waals surface area contributed by atoms with E-state index in [0.29, 0.717) is 11.7 Å². The number of nitrogens with zero attached hydrogens (tertiary/aromatic N) is 1. The lowest BCUT2D eigenvalue weighted by Gasteiger charge is -2.31. The molecule has 2 rings (SSSR count). The molecule has 1 aromatic carbocycles. The quantitative estimate of drug-likeness (QED) is 0.870. The van der Waals surface area contributed by atoms with E-state index in [0.717, 1.165) is 31.7 Å². The zero-order valence-corrected chi connectivity index (χ0v) is 14.8. The standard InChI is InChI=1S/C18H26N2O2S/c1-14(16-6-4-3-5-7-16)12-23-13-18(22)19-17-8-10-20(11-9-17)15(2)21/h3-7,14,17H,8-13H2,1-2H3,(H,19,22)/t14-/m1/s1. The second-order valence-electron chi connectivity index (χ2n) is 6.17. The first-order valence-corrected chi connectivity index (χ1v) is 9.39. The number of rotatable bonds is 6. The van der Waals surface area contributed by atoms with Crippen LogP contribution in [0.1, 0.15) is 38.2 Å².